The predicted octanol–water partition coefficient (Wildman–Crippen LogP) is 0.773. The SMILES string of the molecule is C/C=C/C=C/C(O)=C1/C(=O)[C@]2(C)C(=O)[C@@](C)(O)[C@H]1C[C@@]21O[C@@H]2CC(C(=O)OC)=C[C@H](O)[C@H]2OC1=O. The minimum atomic E-state index is -2.23. The van der Waals surface area contributed by atoms with Gasteiger partial charge in [-0.2, -0.15) is 0 Å². The van der Waals surface area contributed by atoms with Gasteiger partial charge in [0.2, 0.25) is 0 Å². The molecule has 4 aliphatic carbocycles. The van der Waals surface area contributed by atoms with E-state index in [0.29, 0.717) is 0 Å². The summed E-state index contributed by atoms with van der Waals surface area (Å²) < 4.78 is 16.4. The summed E-state index contributed by atoms with van der Waals surface area (Å²) in [4.78, 5) is 52.7. The first-order valence-corrected chi connectivity index (χ1v) is 11.3. The van der Waals surface area contributed by atoms with Crippen LogP contribution >= 0.6 is 0 Å². The number of methoxy groups -OCH3 is 1. The highest BCUT2D eigenvalue weighted by Gasteiger charge is 2.79. The third-order valence-corrected chi connectivity index (χ3v) is 7.64. The lowest BCUT2D eigenvalue weighted by Crippen LogP contribution is -2.79. The van der Waals surface area contributed by atoms with Crippen molar-refractivity contribution in [2.75, 3.05) is 7.11 Å². The van der Waals surface area contributed by atoms with Crippen LogP contribution in [-0.2, 0) is 33.4 Å². The summed E-state index contributed by atoms with van der Waals surface area (Å²) in [6, 6.07) is 0. The summed E-state index contributed by atoms with van der Waals surface area (Å²) in [5, 5.41) is 32.3. The maximum Gasteiger partial charge on any atom is 0.340 e. The van der Waals surface area contributed by atoms with Crippen LogP contribution in [0.3, 0.4) is 0 Å². The maximum atomic E-state index is 13.7. The van der Waals surface area contributed by atoms with Gasteiger partial charge in [-0.25, -0.2) is 9.59 Å². The molecule has 1 spiro atoms. The van der Waals surface area contributed by atoms with Crippen LogP contribution in [0, 0.1) is 11.3 Å². The van der Waals surface area contributed by atoms with Gasteiger partial charge in [0, 0.05) is 23.5 Å². The van der Waals surface area contributed by atoms with Gasteiger partial charge >= 0.3 is 11.9 Å². The summed E-state index contributed by atoms with van der Waals surface area (Å²) in [6.45, 7) is 4.20. The first-order valence-electron chi connectivity index (χ1n) is 11.3. The number of fused-ring (bicyclic) bond motifs is 3. The van der Waals surface area contributed by atoms with Crippen LogP contribution in [0.1, 0.15) is 33.6 Å². The van der Waals surface area contributed by atoms with Crippen molar-refractivity contribution in [2.45, 2.75) is 63.1 Å². The Labute approximate surface area is 201 Å². The maximum absolute atomic E-state index is 13.7. The van der Waals surface area contributed by atoms with E-state index >= 15 is 0 Å². The first kappa shape index (κ1) is 25.0. The smallest absolute Gasteiger partial charge is 0.340 e. The Morgan fingerprint density at radius 2 is 1.91 bits per heavy atom. The molecule has 1 aliphatic heterocycles. The number of Topliss-reactive ketones (excluding diaryl/α,β-unsaturated/α-hetero) is 2. The third-order valence-electron chi connectivity index (χ3n) is 7.64. The predicted molar refractivity (Wildman–Crippen MR) is 119 cm³/mol. The van der Waals surface area contributed by atoms with E-state index in [-0.39, 0.29) is 24.0 Å². The molecule has 0 aromatic carbocycles. The van der Waals surface area contributed by atoms with Crippen molar-refractivity contribution in [3.05, 3.63) is 47.3 Å². The Kier molecular flexibility index (Phi) is 5.90. The Bertz CT molecular complexity index is 1130. The number of carbonyl (C=O) groups is 4. The number of ether oxygens (including phenoxy) is 3. The van der Waals surface area contributed by atoms with E-state index in [1.54, 1.807) is 19.1 Å². The van der Waals surface area contributed by atoms with E-state index < -0.39 is 70.1 Å². The summed E-state index contributed by atoms with van der Waals surface area (Å²) >= 11 is 0. The molecular weight excluding hydrogens is 460 g/mol. The molecule has 0 amide bonds. The molecule has 1 saturated heterocycles. The highest BCUT2D eigenvalue weighted by molar-refractivity contribution is 6.25. The number of ketones is 2. The monoisotopic (exact) mass is 488 g/mol. The topological polar surface area (TPSA) is 157 Å². The van der Waals surface area contributed by atoms with Crippen LogP contribution < -0.4 is 0 Å². The molecule has 0 aromatic heterocycles. The Morgan fingerprint density at radius 3 is 2.54 bits per heavy atom. The molecule has 1 heterocycles. The molecule has 5 aliphatic rings. The Morgan fingerprint density at radius 1 is 1.23 bits per heavy atom. The van der Waals surface area contributed by atoms with Gasteiger partial charge in [0.05, 0.1) is 7.11 Å². The van der Waals surface area contributed by atoms with E-state index in [0.717, 1.165) is 0 Å². The quantitative estimate of drug-likeness (QED) is 0.170. The number of aliphatic hydroxyl groups is 3. The number of aliphatic hydroxyl groups excluding tert-OH is 2. The third kappa shape index (κ3) is 3.27. The van der Waals surface area contributed by atoms with E-state index in [1.807, 2.05) is 0 Å². The average molecular weight is 488 g/mol. The van der Waals surface area contributed by atoms with Crippen molar-refractivity contribution in [3.8, 4) is 0 Å². The molecule has 10 nitrogen and oxygen atoms in total. The molecule has 7 atom stereocenters. The lowest BCUT2D eigenvalue weighted by atomic mass is 9.45. The molecule has 10 heteroatoms. The molecular formula is C25H28O10. The summed E-state index contributed by atoms with van der Waals surface area (Å²) in [6.07, 6.45) is 3.29. The normalized spacial score (nSPS) is 42.3. The molecule has 3 saturated carbocycles. The molecule has 35 heavy (non-hydrogen) atoms. The van der Waals surface area contributed by atoms with Crippen LogP contribution in [0.2, 0.25) is 0 Å². The molecule has 188 valence electrons. The molecule has 0 aromatic rings. The number of esters is 2. The number of hydrogen-bond acceptors (Lipinski definition) is 10. The summed E-state index contributed by atoms with van der Waals surface area (Å²) in [7, 11) is 1.18. The summed E-state index contributed by atoms with van der Waals surface area (Å²) in [5.74, 6) is -5.23. The minimum Gasteiger partial charge on any atom is -0.508 e. The lowest BCUT2D eigenvalue weighted by Gasteiger charge is -2.61. The highest BCUT2D eigenvalue weighted by atomic mass is 16.6. The Hall–Kier alpha value is -3.08. The van der Waals surface area contributed by atoms with Gasteiger partial charge < -0.3 is 29.5 Å². The number of allylic oxidation sites excluding steroid dienone is 4. The van der Waals surface area contributed by atoms with Gasteiger partial charge in [-0.05, 0) is 39.3 Å². The van der Waals surface area contributed by atoms with Crippen molar-refractivity contribution in [3.63, 3.8) is 0 Å². The van der Waals surface area contributed by atoms with E-state index in [2.05, 4.69) is 0 Å². The van der Waals surface area contributed by atoms with Crippen LogP contribution in [0.25, 0.3) is 0 Å². The van der Waals surface area contributed by atoms with E-state index in [4.69, 9.17) is 14.2 Å². The van der Waals surface area contributed by atoms with E-state index in [9.17, 15) is 34.5 Å². The van der Waals surface area contributed by atoms with Gasteiger partial charge in [-0.3, -0.25) is 9.59 Å². The Balaban J connectivity index is 1.81. The molecule has 5 rings (SSSR count). The standard InChI is InChI=1S/C25H28O10/c1-5-6-7-8-14(26)17-13-11-25(23(2,19(17)28)21(30)24(13,3)32)22(31)34-18-15(27)9-12(20(29)33-4)10-16(18)35-25/h5-9,13,15-16,18,26-27,32H,10-11H2,1-4H3/b6-5+,8-7+,17-14-/t13-,15-,16+,18+,23+,24-,25-/m0/s1. The molecule has 2 bridgehead atoms. The van der Waals surface area contributed by atoms with Gasteiger partial charge in [0.15, 0.2) is 23.3 Å². The zero-order valence-electron chi connectivity index (χ0n) is 19.8. The molecule has 3 N–H and O–H groups in total. The number of hydrogen-bond donors (Lipinski definition) is 3. The zero-order valence-corrected chi connectivity index (χ0v) is 19.8. The van der Waals surface area contributed by atoms with Crippen LogP contribution in [0.4, 0.5) is 0 Å². The van der Waals surface area contributed by atoms with Crippen LogP contribution in [-0.4, -0.2) is 75.4 Å². The van der Waals surface area contributed by atoms with Crippen molar-refractivity contribution in [1.82, 2.24) is 0 Å². The van der Waals surface area contributed by atoms with Gasteiger partial charge in [0.25, 0.3) is 0 Å². The zero-order chi connectivity index (χ0) is 25.9. The van der Waals surface area contributed by atoms with Crippen molar-refractivity contribution in [2.24, 2.45) is 11.3 Å². The molecule has 0 radical (unpaired) electrons. The lowest BCUT2D eigenvalue weighted by molar-refractivity contribution is -0.275. The van der Waals surface area contributed by atoms with Gasteiger partial charge in [-0.1, -0.05) is 18.2 Å². The largest absolute Gasteiger partial charge is 0.508 e. The van der Waals surface area contributed by atoms with Crippen LogP contribution in [0.5, 0.6) is 0 Å². The van der Waals surface area contributed by atoms with Crippen LogP contribution in [0.15, 0.2) is 47.3 Å². The van der Waals surface area contributed by atoms with Gasteiger partial charge in [0.1, 0.15) is 29.0 Å². The number of carbonyl (C=O) groups excluding carboxylic acids is 4. The molecule has 4 fully saturated rings. The summed E-state index contributed by atoms with van der Waals surface area (Å²) in [5.41, 5.74) is -6.51. The van der Waals surface area contributed by atoms with E-state index in [1.165, 1.54) is 39.2 Å². The molecule has 0 unspecified atom stereocenters. The minimum absolute atomic E-state index is 0.0943. The van der Waals surface area contributed by atoms with Crippen molar-refractivity contribution in [1.29, 1.82) is 0 Å². The van der Waals surface area contributed by atoms with Crippen molar-refractivity contribution < 1.29 is 48.7 Å². The fourth-order valence-electron chi connectivity index (χ4n) is 5.72. The second-order valence-corrected chi connectivity index (χ2v) is 9.60. The average Bonchev–Trinajstić information content (AvgIpc) is 2.81. The van der Waals surface area contributed by atoms with Gasteiger partial charge in [-0.15, -0.1) is 0 Å². The first-order chi connectivity index (χ1) is 16.4. The second kappa shape index (κ2) is 8.25. The second-order valence-electron chi connectivity index (χ2n) is 9.60. The van der Waals surface area contributed by atoms with Crippen molar-refractivity contribution >= 4 is 23.5 Å². The fraction of sp³-hybridized carbons (Fsp3) is 0.520. The fourth-order valence-corrected chi connectivity index (χ4v) is 5.72. The highest BCUT2D eigenvalue weighted by Crippen LogP contribution is 2.61. The number of rotatable bonds is 3.